The van der Waals surface area contributed by atoms with Crippen molar-refractivity contribution in [1.29, 1.82) is 5.26 Å². The van der Waals surface area contributed by atoms with E-state index in [1.807, 2.05) is 0 Å². The monoisotopic (exact) mass is 251 g/mol. The van der Waals surface area contributed by atoms with Gasteiger partial charge in [0.25, 0.3) is 6.43 Å². The summed E-state index contributed by atoms with van der Waals surface area (Å²) in [7, 11) is 0. The van der Waals surface area contributed by atoms with Crippen molar-refractivity contribution in [2.75, 3.05) is 6.61 Å². The molecule has 0 fully saturated rings. The summed E-state index contributed by atoms with van der Waals surface area (Å²) in [6.07, 6.45) is -7.50. The van der Waals surface area contributed by atoms with Gasteiger partial charge in [0.05, 0.1) is 17.2 Å². The Morgan fingerprint density at radius 2 is 1.94 bits per heavy atom. The minimum atomic E-state index is -4.73. The molecule has 0 aromatic heterocycles. The average Bonchev–Trinajstić information content (AvgIpc) is 2.24. The van der Waals surface area contributed by atoms with Gasteiger partial charge in [-0.1, -0.05) is 0 Å². The van der Waals surface area contributed by atoms with E-state index in [0.29, 0.717) is 6.07 Å². The molecule has 0 bridgehead atoms. The summed E-state index contributed by atoms with van der Waals surface area (Å²) in [5, 5.41) is 8.48. The molecule has 0 unspecified atom stereocenters. The summed E-state index contributed by atoms with van der Waals surface area (Å²) >= 11 is 0. The Labute approximate surface area is 93.2 Å². The largest absolute Gasteiger partial charge is 0.488 e. The minimum absolute atomic E-state index is 0.350. The molecule has 7 heteroatoms. The lowest BCUT2D eigenvalue weighted by molar-refractivity contribution is -0.137. The Kier molecular flexibility index (Phi) is 3.89. The van der Waals surface area contributed by atoms with Crippen LogP contribution < -0.4 is 4.74 Å². The molecule has 0 heterocycles. The molecule has 1 aromatic rings. The van der Waals surface area contributed by atoms with E-state index in [4.69, 9.17) is 5.26 Å². The molecular formula is C10H6F5NO. The van der Waals surface area contributed by atoms with Crippen LogP contribution in [0, 0.1) is 11.3 Å². The summed E-state index contributed by atoms with van der Waals surface area (Å²) in [6.45, 7) is -0.997. The van der Waals surface area contributed by atoms with Crippen LogP contribution in [-0.4, -0.2) is 13.0 Å². The molecule has 0 radical (unpaired) electrons. The maximum atomic E-state index is 12.5. The van der Waals surface area contributed by atoms with Gasteiger partial charge in [0.2, 0.25) is 0 Å². The lowest BCUT2D eigenvalue weighted by Gasteiger charge is -2.11. The lowest BCUT2D eigenvalue weighted by Crippen LogP contribution is -2.10. The SMILES string of the molecule is N#Cc1ccc(OCC(F)F)cc1C(F)(F)F. The van der Waals surface area contributed by atoms with Crippen molar-refractivity contribution in [1.82, 2.24) is 0 Å². The summed E-state index contributed by atoms with van der Waals surface area (Å²) in [5.41, 5.74) is -1.78. The third-order valence-corrected chi connectivity index (χ3v) is 1.79. The quantitative estimate of drug-likeness (QED) is 0.772. The van der Waals surface area contributed by atoms with Crippen LogP contribution in [0.4, 0.5) is 22.0 Å². The number of rotatable bonds is 3. The molecule has 0 aliphatic rings. The van der Waals surface area contributed by atoms with Crippen molar-refractivity contribution >= 4 is 0 Å². The van der Waals surface area contributed by atoms with Crippen LogP contribution in [0.25, 0.3) is 0 Å². The molecule has 0 atom stereocenters. The molecule has 92 valence electrons. The highest BCUT2D eigenvalue weighted by atomic mass is 19.4. The molecule has 1 aromatic carbocycles. The summed E-state index contributed by atoms with van der Waals surface area (Å²) in [6, 6.07) is 3.82. The molecule has 0 saturated heterocycles. The highest BCUT2D eigenvalue weighted by molar-refractivity contribution is 5.44. The van der Waals surface area contributed by atoms with Crippen LogP contribution in [0.5, 0.6) is 5.75 Å². The van der Waals surface area contributed by atoms with E-state index in [-0.39, 0.29) is 5.75 Å². The highest BCUT2D eigenvalue weighted by Crippen LogP contribution is 2.34. The van der Waals surface area contributed by atoms with Crippen molar-refractivity contribution in [3.05, 3.63) is 29.3 Å². The molecule has 0 saturated carbocycles. The third-order valence-electron chi connectivity index (χ3n) is 1.79. The zero-order valence-corrected chi connectivity index (χ0v) is 8.26. The Morgan fingerprint density at radius 3 is 2.41 bits per heavy atom. The van der Waals surface area contributed by atoms with E-state index in [9.17, 15) is 22.0 Å². The maximum absolute atomic E-state index is 12.5. The average molecular weight is 251 g/mol. The Balaban J connectivity index is 3.02. The number of halogens is 5. The van der Waals surface area contributed by atoms with Gasteiger partial charge in [0, 0.05) is 0 Å². The molecule has 2 nitrogen and oxygen atoms in total. The van der Waals surface area contributed by atoms with Gasteiger partial charge in [0.1, 0.15) is 12.4 Å². The number of ether oxygens (including phenoxy) is 1. The van der Waals surface area contributed by atoms with E-state index in [2.05, 4.69) is 4.74 Å². The van der Waals surface area contributed by atoms with Crippen molar-refractivity contribution in [3.8, 4) is 11.8 Å². The van der Waals surface area contributed by atoms with Crippen LogP contribution >= 0.6 is 0 Å². The second-order valence-electron chi connectivity index (χ2n) is 3.02. The van der Waals surface area contributed by atoms with E-state index in [1.54, 1.807) is 0 Å². The number of hydrogen-bond acceptors (Lipinski definition) is 2. The Bertz CT molecular complexity index is 435. The van der Waals surface area contributed by atoms with Gasteiger partial charge in [-0.05, 0) is 18.2 Å². The van der Waals surface area contributed by atoms with Gasteiger partial charge < -0.3 is 4.74 Å². The van der Waals surface area contributed by atoms with Crippen LogP contribution in [0.2, 0.25) is 0 Å². The first kappa shape index (κ1) is 13.2. The van der Waals surface area contributed by atoms with E-state index < -0.39 is 30.3 Å². The molecule has 0 N–H and O–H groups in total. The summed E-state index contributed by atoms with van der Waals surface area (Å²) in [4.78, 5) is 0. The fourth-order valence-corrected chi connectivity index (χ4v) is 1.10. The van der Waals surface area contributed by atoms with E-state index >= 15 is 0 Å². The Morgan fingerprint density at radius 1 is 1.29 bits per heavy atom. The smallest absolute Gasteiger partial charge is 0.417 e. The molecule has 17 heavy (non-hydrogen) atoms. The van der Waals surface area contributed by atoms with Gasteiger partial charge in [0.15, 0.2) is 0 Å². The van der Waals surface area contributed by atoms with Gasteiger partial charge in [-0.2, -0.15) is 18.4 Å². The summed E-state index contributed by atoms with van der Waals surface area (Å²) < 4.78 is 65.4. The maximum Gasteiger partial charge on any atom is 0.417 e. The van der Waals surface area contributed by atoms with Gasteiger partial charge in [-0.15, -0.1) is 0 Å². The van der Waals surface area contributed by atoms with Crippen LogP contribution in [0.15, 0.2) is 18.2 Å². The first-order chi connectivity index (χ1) is 7.84. The van der Waals surface area contributed by atoms with Crippen LogP contribution in [0.3, 0.4) is 0 Å². The van der Waals surface area contributed by atoms with Gasteiger partial charge >= 0.3 is 6.18 Å². The summed E-state index contributed by atoms with van der Waals surface area (Å²) in [5.74, 6) is -0.350. The molecule has 1 rings (SSSR count). The van der Waals surface area contributed by atoms with Gasteiger partial charge in [-0.25, -0.2) is 8.78 Å². The normalized spacial score (nSPS) is 11.4. The third kappa shape index (κ3) is 3.59. The van der Waals surface area contributed by atoms with Gasteiger partial charge in [-0.3, -0.25) is 0 Å². The van der Waals surface area contributed by atoms with Crippen LogP contribution in [-0.2, 0) is 6.18 Å². The van der Waals surface area contributed by atoms with E-state index in [0.717, 1.165) is 12.1 Å². The molecule has 0 aliphatic carbocycles. The number of nitrogens with zero attached hydrogens (tertiary/aromatic N) is 1. The zero-order valence-electron chi connectivity index (χ0n) is 8.26. The first-order valence-corrected chi connectivity index (χ1v) is 4.37. The highest BCUT2D eigenvalue weighted by Gasteiger charge is 2.34. The van der Waals surface area contributed by atoms with Crippen molar-refractivity contribution in [2.45, 2.75) is 12.6 Å². The fourth-order valence-electron chi connectivity index (χ4n) is 1.10. The fraction of sp³-hybridized carbons (Fsp3) is 0.300. The molecule has 0 amide bonds. The first-order valence-electron chi connectivity index (χ1n) is 4.37. The predicted molar refractivity (Wildman–Crippen MR) is 47.7 cm³/mol. The zero-order chi connectivity index (χ0) is 13.1. The topological polar surface area (TPSA) is 33.0 Å². The van der Waals surface area contributed by atoms with Crippen molar-refractivity contribution < 1.29 is 26.7 Å². The Hall–Kier alpha value is -1.84. The number of nitriles is 1. The minimum Gasteiger partial charge on any atom is -0.488 e. The molecule has 0 aliphatic heterocycles. The van der Waals surface area contributed by atoms with Crippen LogP contribution in [0.1, 0.15) is 11.1 Å². The molecule has 0 spiro atoms. The van der Waals surface area contributed by atoms with E-state index in [1.165, 1.54) is 6.07 Å². The second kappa shape index (κ2) is 4.99. The van der Waals surface area contributed by atoms with Crippen molar-refractivity contribution in [3.63, 3.8) is 0 Å². The number of alkyl halides is 5. The standard InChI is InChI=1S/C10H6F5NO/c11-9(12)5-17-7-2-1-6(4-16)8(3-7)10(13,14)15/h1-3,9H,5H2. The van der Waals surface area contributed by atoms with Crippen molar-refractivity contribution in [2.24, 2.45) is 0 Å². The lowest BCUT2D eigenvalue weighted by atomic mass is 10.1. The predicted octanol–water partition coefficient (Wildman–Crippen LogP) is 3.22. The number of benzene rings is 1. The molecular weight excluding hydrogens is 245 g/mol. The number of hydrogen-bond donors (Lipinski definition) is 0. The second-order valence-corrected chi connectivity index (χ2v) is 3.02.